The maximum absolute atomic E-state index is 10.9. The van der Waals surface area contributed by atoms with Gasteiger partial charge in [0.15, 0.2) is 0 Å². The minimum absolute atomic E-state index is 0.0169. The summed E-state index contributed by atoms with van der Waals surface area (Å²) in [7, 11) is 0. The number of aromatic nitrogens is 1. The van der Waals surface area contributed by atoms with Gasteiger partial charge in [0.25, 0.3) is 0 Å². The summed E-state index contributed by atoms with van der Waals surface area (Å²) in [5.41, 5.74) is 1.80. The average molecular weight is 193 g/mol. The number of aromatic carboxylic acids is 1. The minimum atomic E-state index is -0.976. The molecule has 0 aromatic carbocycles. The van der Waals surface area contributed by atoms with E-state index in [0.29, 0.717) is 6.42 Å². The highest BCUT2D eigenvalue weighted by molar-refractivity contribution is 5.89. The lowest BCUT2D eigenvalue weighted by Gasteiger charge is -2.07. The molecular formula is C10H11NO3. The lowest BCUT2D eigenvalue weighted by molar-refractivity contribution is 0.0695. The Morgan fingerprint density at radius 1 is 1.57 bits per heavy atom. The van der Waals surface area contributed by atoms with E-state index >= 15 is 0 Å². The Morgan fingerprint density at radius 2 is 2.29 bits per heavy atom. The van der Waals surface area contributed by atoms with Crippen molar-refractivity contribution in [3.05, 3.63) is 29.1 Å². The first-order chi connectivity index (χ1) is 6.61. The maximum atomic E-state index is 10.9. The normalized spacial score (nSPS) is 24.7. The number of nitrogens with zero attached hydrogens (tertiary/aromatic N) is 1. The minimum Gasteiger partial charge on any atom is -0.478 e. The molecule has 74 valence electrons. The van der Waals surface area contributed by atoms with Crippen LogP contribution in [0.4, 0.5) is 0 Å². The van der Waals surface area contributed by atoms with Gasteiger partial charge in [0.2, 0.25) is 0 Å². The first-order valence-electron chi connectivity index (χ1n) is 4.49. The fourth-order valence-corrected chi connectivity index (χ4v) is 1.90. The van der Waals surface area contributed by atoms with Gasteiger partial charge in [-0.1, -0.05) is 6.92 Å². The summed E-state index contributed by atoms with van der Waals surface area (Å²) < 4.78 is 0. The lowest BCUT2D eigenvalue weighted by Crippen LogP contribution is -2.09. The Balaban J connectivity index is 2.56. The third-order valence-electron chi connectivity index (χ3n) is 2.80. The number of aliphatic hydroxyl groups excluding tert-OH is 1. The number of hydrogen-bond donors (Lipinski definition) is 2. The molecule has 1 aliphatic carbocycles. The van der Waals surface area contributed by atoms with Crippen molar-refractivity contribution in [3.8, 4) is 0 Å². The number of fused-ring (bicyclic) bond motifs is 1. The SMILES string of the molecule is C[C@@H]1c2cncc(C(=O)O)c2C[C@H]1O. The number of pyridine rings is 1. The van der Waals surface area contributed by atoms with Crippen molar-refractivity contribution in [2.24, 2.45) is 0 Å². The molecule has 0 unspecified atom stereocenters. The van der Waals surface area contributed by atoms with E-state index in [1.807, 2.05) is 6.92 Å². The van der Waals surface area contributed by atoms with Crippen LogP contribution in [0.5, 0.6) is 0 Å². The van der Waals surface area contributed by atoms with Crippen LogP contribution < -0.4 is 0 Å². The molecule has 0 bridgehead atoms. The highest BCUT2D eigenvalue weighted by Crippen LogP contribution is 2.34. The van der Waals surface area contributed by atoms with E-state index in [9.17, 15) is 9.90 Å². The van der Waals surface area contributed by atoms with E-state index < -0.39 is 12.1 Å². The third kappa shape index (κ3) is 1.19. The van der Waals surface area contributed by atoms with Crippen molar-refractivity contribution in [1.29, 1.82) is 0 Å². The van der Waals surface area contributed by atoms with E-state index in [2.05, 4.69) is 4.98 Å². The Hall–Kier alpha value is -1.42. The quantitative estimate of drug-likeness (QED) is 0.692. The van der Waals surface area contributed by atoms with Crippen LogP contribution >= 0.6 is 0 Å². The number of carboxylic acids is 1. The molecular weight excluding hydrogens is 182 g/mol. The van der Waals surface area contributed by atoms with Gasteiger partial charge in [-0.3, -0.25) is 4.98 Å². The van der Waals surface area contributed by atoms with Crippen LogP contribution in [0, 0.1) is 0 Å². The molecule has 0 spiro atoms. The fourth-order valence-electron chi connectivity index (χ4n) is 1.90. The summed E-state index contributed by atoms with van der Waals surface area (Å²) in [5, 5.41) is 18.5. The van der Waals surface area contributed by atoms with Gasteiger partial charge in [-0.15, -0.1) is 0 Å². The van der Waals surface area contributed by atoms with Crippen LogP contribution in [0.15, 0.2) is 12.4 Å². The first-order valence-corrected chi connectivity index (χ1v) is 4.49. The molecule has 4 heteroatoms. The molecule has 0 saturated carbocycles. The van der Waals surface area contributed by atoms with E-state index in [-0.39, 0.29) is 11.5 Å². The largest absolute Gasteiger partial charge is 0.478 e. The Morgan fingerprint density at radius 3 is 2.93 bits per heavy atom. The summed E-state index contributed by atoms with van der Waals surface area (Å²) in [6.45, 7) is 1.88. The lowest BCUT2D eigenvalue weighted by atomic mass is 10.0. The van der Waals surface area contributed by atoms with Gasteiger partial charge in [0.05, 0.1) is 11.7 Å². The monoisotopic (exact) mass is 193 g/mol. The molecule has 2 N–H and O–H groups in total. The van der Waals surface area contributed by atoms with Gasteiger partial charge in [-0.25, -0.2) is 4.79 Å². The highest BCUT2D eigenvalue weighted by Gasteiger charge is 2.31. The predicted octanol–water partition coefficient (Wildman–Crippen LogP) is 0.800. The zero-order valence-corrected chi connectivity index (χ0v) is 7.77. The van der Waals surface area contributed by atoms with Crippen molar-refractivity contribution in [3.63, 3.8) is 0 Å². The van der Waals surface area contributed by atoms with E-state index in [0.717, 1.165) is 11.1 Å². The van der Waals surface area contributed by atoms with Crippen LogP contribution in [-0.4, -0.2) is 27.3 Å². The molecule has 0 fully saturated rings. The molecule has 0 radical (unpaired) electrons. The number of aliphatic hydroxyl groups is 1. The fraction of sp³-hybridized carbons (Fsp3) is 0.400. The molecule has 1 aromatic heterocycles. The molecule has 2 atom stereocenters. The number of rotatable bonds is 1. The van der Waals surface area contributed by atoms with E-state index in [1.54, 1.807) is 6.20 Å². The Bertz CT molecular complexity index is 389. The van der Waals surface area contributed by atoms with Gasteiger partial charge >= 0.3 is 5.97 Å². The van der Waals surface area contributed by atoms with Gasteiger partial charge < -0.3 is 10.2 Å². The predicted molar refractivity (Wildman–Crippen MR) is 49.3 cm³/mol. The van der Waals surface area contributed by atoms with Gasteiger partial charge in [0.1, 0.15) is 0 Å². The maximum Gasteiger partial charge on any atom is 0.337 e. The zero-order chi connectivity index (χ0) is 10.3. The number of carbonyl (C=O) groups is 1. The van der Waals surface area contributed by atoms with E-state index in [4.69, 9.17) is 5.11 Å². The zero-order valence-electron chi connectivity index (χ0n) is 7.77. The second-order valence-electron chi connectivity index (χ2n) is 3.62. The molecule has 2 rings (SSSR count). The van der Waals surface area contributed by atoms with Gasteiger partial charge in [0, 0.05) is 24.7 Å². The van der Waals surface area contributed by atoms with Crippen molar-refractivity contribution in [2.45, 2.75) is 25.4 Å². The van der Waals surface area contributed by atoms with Gasteiger partial charge in [-0.2, -0.15) is 0 Å². The van der Waals surface area contributed by atoms with Gasteiger partial charge in [-0.05, 0) is 11.1 Å². The van der Waals surface area contributed by atoms with E-state index in [1.165, 1.54) is 6.20 Å². The molecule has 1 heterocycles. The second-order valence-corrected chi connectivity index (χ2v) is 3.62. The van der Waals surface area contributed by atoms with Crippen LogP contribution in [0.25, 0.3) is 0 Å². The van der Waals surface area contributed by atoms with Crippen molar-refractivity contribution in [2.75, 3.05) is 0 Å². The molecule has 1 aliphatic rings. The summed E-state index contributed by atoms with van der Waals surface area (Å²) >= 11 is 0. The summed E-state index contributed by atoms with van der Waals surface area (Å²) in [6, 6.07) is 0. The Labute approximate surface area is 81.2 Å². The number of hydrogen-bond acceptors (Lipinski definition) is 3. The standard InChI is InChI=1S/C10H11NO3/c1-5-7-3-11-4-8(10(13)14)6(7)2-9(5)12/h3-5,9,12H,2H2,1H3,(H,13,14)/t5-,9-/m1/s1. The van der Waals surface area contributed by atoms with Crippen molar-refractivity contribution in [1.82, 2.24) is 4.98 Å². The molecule has 0 amide bonds. The van der Waals surface area contributed by atoms with Crippen LogP contribution in [0.1, 0.15) is 34.3 Å². The smallest absolute Gasteiger partial charge is 0.337 e. The summed E-state index contributed by atoms with van der Waals surface area (Å²) in [5.74, 6) is -0.993. The molecule has 14 heavy (non-hydrogen) atoms. The highest BCUT2D eigenvalue weighted by atomic mass is 16.4. The molecule has 0 saturated heterocycles. The molecule has 4 nitrogen and oxygen atoms in total. The molecule has 1 aromatic rings. The van der Waals surface area contributed by atoms with Crippen molar-refractivity contribution < 1.29 is 15.0 Å². The summed E-state index contributed by atoms with van der Waals surface area (Å²) in [6.07, 6.45) is 2.92. The summed E-state index contributed by atoms with van der Waals surface area (Å²) in [4.78, 5) is 14.7. The second kappa shape index (κ2) is 3.06. The van der Waals surface area contributed by atoms with Crippen LogP contribution in [0.3, 0.4) is 0 Å². The first kappa shape index (κ1) is 9.15. The third-order valence-corrected chi connectivity index (χ3v) is 2.80. The van der Waals surface area contributed by atoms with Crippen LogP contribution in [0.2, 0.25) is 0 Å². The van der Waals surface area contributed by atoms with Crippen molar-refractivity contribution >= 4 is 5.97 Å². The topological polar surface area (TPSA) is 70.4 Å². The van der Waals surface area contributed by atoms with Crippen LogP contribution in [-0.2, 0) is 6.42 Å². The molecule has 0 aliphatic heterocycles. The average Bonchev–Trinajstić information content (AvgIpc) is 2.43. The Kier molecular flexibility index (Phi) is 2.00. The number of carboxylic acid groups (broad SMARTS) is 1.